The number of nitrogens with zero attached hydrogens (tertiary/aromatic N) is 2. The molecule has 3 rings (SSSR count). The van der Waals surface area contributed by atoms with Crippen molar-refractivity contribution in [3.8, 4) is 11.5 Å². The Morgan fingerprint density at radius 1 is 1.22 bits per heavy atom. The van der Waals surface area contributed by atoms with Gasteiger partial charge in [-0.1, -0.05) is 0 Å². The molecule has 1 saturated heterocycles. The topological polar surface area (TPSA) is 114 Å². The molecule has 1 fully saturated rings. The van der Waals surface area contributed by atoms with Crippen LogP contribution < -0.4 is 14.8 Å². The Kier molecular flexibility index (Phi) is 5.36. The number of hydrogen-bond acceptors (Lipinski definition) is 7. The summed E-state index contributed by atoms with van der Waals surface area (Å²) in [7, 11) is -0.149. The van der Waals surface area contributed by atoms with Crippen molar-refractivity contribution in [2.75, 3.05) is 31.0 Å². The van der Waals surface area contributed by atoms with E-state index < -0.39 is 21.8 Å². The number of nitrogens with one attached hydrogen (secondary N) is 1. The lowest BCUT2D eigenvalue weighted by Gasteiger charge is -2.27. The first-order chi connectivity index (χ1) is 12.8. The van der Waals surface area contributed by atoms with E-state index in [9.17, 15) is 18.0 Å². The maximum absolute atomic E-state index is 12.5. The Bertz CT molecular complexity index is 896. The van der Waals surface area contributed by atoms with Crippen LogP contribution in [0.15, 0.2) is 23.3 Å². The summed E-state index contributed by atoms with van der Waals surface area (Å²) in [5.74, 6) is 0.204. The smallest absolute Gasteiger partial charge is 0.271 e. The van der Waals surface area contributed by atoms with E-state index in [1.54, 1.807) is 18.2 Å². The second-order valence-corrected chi connectivity index (χ2v) is 8.59. The first kappa shape index (κ1) is 19.2. The summed E-state index contributed by atoms with van der Waals surface area (Å²) >= 11 is 0. The monoisotopic (exact) mass is 395 g/mol. The van der Waals surface area contributed by atoms with Crippen LogP contribution in [0.3, 0.4) is 0 Å². The molecule has 0 saturated carbocycles. The lowest BCUT2D eigenvalue weighted by atomic mass is 10.1. The number of methoxy groups -OCH3 is 2. The first-order valence-corrected chi connectivity index (χ1v) is 10.3. The summed E-state index contributed by atoms with van der Waals surface area (Å²) in [6, 6.07) is 4.43. The van der Waals surface area contributed by atoms with E-state index in [1.807, 2.05) is 0 Å². The minimum atomic E-state index is -3.16. The summed E-state index contributed by atoms with van der Waals surface area (Å²) in [6.45, 7) is 0. The molecule has 2 heterocycles. The fourth-order valence-electron chi connectivity index (χ4n) is 3.11. The van der Waals surface area contributed by atoms with Crippen LogP contribution in [0.1, 0.15) is 19.3 Å². The Balaban J connectivity index is 1.76. The standard InChI is InChI=1S/C17H21N3O6S/c1-25-14-5-3-11(9-15(14)26-2)18-17(22)13-4-6-16(21)20(19-13)12-7-8-27(23,24)10-12/h3,5,9,12H,4,6-8,10H2,1-2H3,(H,18,22). The number of benzene rings is 1. The van der Waals surface area contributed by atoms with Crippen molar-refractivity contribution in [1.29, 1.82) is 0 Å². The summed E-state index contributed by atoms with van der Waals surface area (Å²) in [5.41, 5.74) is 0.681. The van der Waals surface area contributed by atoms with Crippen molar-refractivity contribution in [2.24, 2.45) is 5.10 Å². The van der Waals surface area contributed by atoms with Gasteiger partial charge in [-0.2, -0.15) is 5.10 Å². The number of ether oxygens (including phenoxy) is 2. The van der Waals surface area contributed by atoms with Crippen LogP contribution in [0.4, 0.5) is 5.69 Å². The van der Waals surface area contributed by atoms with E-state index in [4.69, 9.17) is 9.47 Å². The van der Waals surface area contributed by atoms with Crippen molar-refractivity contribution in [3.05, 3.63) is 18.2 Å². The molecule has 1 unspecified atom stereocenters. The molecule has 9 nitrogen and oxygen atoms in total. The highest BCUT2D eigenvalue weighted by molar-refractivity contribution is 7.91. The van der Waals surface area contributed by atoms with Crippen LogP contribution in [0.25, 0.3) is 0 Å². The van der Waals surface area contributed by atoms with Gasteiger partial charge in [0.1, 0.15) is 5.71 Å². The molecule has 2 amide bonds. The number of carbonyl (C=O) groups excluding carboxylic acids is 2. The number of rotatable bonds is 5. The van der Waals surface area contributed by atoms with Crippen molar-refractivity contribution in [2.45, 2.75) is 25.3 Å². The van der Waals surface area contributed by atoms with Crippen molar-refractivity contribution < 1.29 is 27.5 Å². The van der Waals surface area contributed by atoms with Gasteiger partial charge in [0.15, 0.2) is 21.3 Å². The highest BCUT2D eigenvalue weighted by Gasteiger charge is 2.37. The zero-order valence-corrected chi connectivity index (χ0v) is 15.9. The van der Waals surface area contributed by atoms with E-state index in [0.29, 0.717) is 23.6 Å². The van der Waals surface area contributed by atoms with Gasteiger partial charge in [-0.3, -0.25) is 9.59 Å². The Morgan fingerprint density at radius 3 is 2.59 bits per heavy atom. The fourth-order valence-corrected chi connectivity index (χ4v) is 4.80. The number of anilines is 1. The third kappa shape index (κ3) is 4.21. The molecule has 10 heteroatoms. The van der Waals surface area contributed by atoms with Crippen LogP contribution in [0.5, 0.6) is 11.5 Å². The Morgan fingerprint density at radius 2 is 1.96 bits per heavy atom. The molecule has 1 aromatic rings. The molecule has 0 bridgehead atoms. The lowest BCUT2D eigenvalue weighted by molar-refractivity contribution is -0.133. The maximum Gasteiger partial charge on any atom is 0.271 e. The highest BCUT2D eigenvalue weighted by atomic mass is 32.2. The number of hydrazone groups is 1. The predicted octanol–water partition coefficient (Wildman–Crippen LogP) is 0.808. The van der Waals surface area contributed by atoms with Gasteiger partial charge in [-0.25, -0.2) is 13.4 Å². The van der Waals surface area contributed by atoms with E-state index in [1.165, 1.54) is 14.2 Å². The second-order valence-electron chi connectivity index (χ2n) is 6.37. The second kappa shape index (κ2) is 7.55. The number of hydrogen-bond donors (Lipinski definition) is 1. The van der Waals surface area contributed by atoms with Gasteiger partial charge in [0, 0.05) is 24.6 Å². The van der Waals surface area contributed by atoms with Gasteiger partial charge in [0.2, 0.25) is 5.91 Å². The average Bonchev–Trinajstić information content (AvgIpc) is 3.01. The van der Waals surface area contributed by atoms with Crippen LogP contribution in [0.2, 0.25) is 0 Å². The van der Waals surface area contributed by atoms with Gasteiger partial charge in [-0.15, -0.1) is 0 Å². The van der Waals surface area contributed by atoms with Gasteiger partial charge < -0.3 is 14.8 Å². The third-order valence-corrected chi connectivity index (χ3v) is 6.27. The SMILES string of the molecule is COc1ccc(NC(=O)C2=NN(C3CCS(=O)(=O)C3)C(=O)CC2)cc1OC. The molecule has 0 spiro atoms. The molecule has 2 aliphatic rings. The summed E-state index contributed by atoms with van der Waals surface area (Å²) < 4.78 is 33.7. The molecule has 27 heavy (non-hydrogen) atoms. The van der Waals surface area contributed by atoms with Crippen molar-refractivity contribution >= 4 is 33.1 Å². The molecule has 1 atom stereocenters. The van der Waals surface area contributed by atoms with E-state index >= 15 is 0 Å². The number of carbonyl (C=O) groups is 2. The maximum atomic E-state index is 12.5. The molecule has 0 aromatic heterocycles. The summed E-state index contributed by atoms with van der Waals surface area (Å²) in [6.07, 6.45) is 0.658. The quantitative estimate of drug-likeness (QED) is 0.789. The number of sulfone groups is 1. The third-order valence-electron chi connectivity index (χ3n) is 4.52. The van der Waals surface area contributed by atoms with Gasteiger partial charge >= 0.3 is 0 Å². The molecule has 1 N–H and O–H groups in total. The van der Waals surface area contributed by atoms with Gasteiger partial charge in [0.25, 0.3) is 5.91 Å². The lowest BCUT2D eigenvalue weighted by Crippen LogP contribution is -2.42. The van der Waals surface area contributed by atoms with Gasteiger partial charge in [0.05, 0.1) is 31.8 Å². The highest BCUT2D eigenvalue weighted by Crippen LogP contribution is 2.30. The molecule has 146 valence electrons. The Labute approximate surface area is 157 Å². The Hall–Kier alpha value is -2.62. The van der Waals surface area contributed by atoms with Crippen LogP contribution >= 0.6 is 0 Å². The largest absolute Gasteiger partial charge is 0.493 e. The normalized spacial score (nSPS) is 21.6. The predicted molar refractivity (Wildman–Crippen MR) is 98.7 cm³/mol. The first-order valence-electron chi connectivity index (χ1n) is 8.46. The average molecular weight is 395 g/mol. The summed E-state index contributed by atoms with van der Waals surface area (Å²) in [4.78, 5) is 24.7. The van der Waals surface area contributed by atoms with E-state index in [0.717, 1.165) is 5.01 Å². The zero-order chi connectivity index (χ0) is 19.6. The van der Waals surface area contributed by atoms with Gasteiger partial charge in [-0.05, 0) is 18.6 Å². The van der Waals surface area contributed by atoms with E-state index in [-0.39, 0.29) is 36.0 Å². The summed E-state index contributed by atoms with van der Waals surface area (Å²) in [5, 5.41) is 8.03. The van der Waals surface area contributed by atoms with Crippen molar-refractivity contribution in [3.63, 3.8) is 0 Å². The minimum Gasteiger partial charge on any atom is -0.493 e. The minimum absolute atomic E-state index is 0.0319. The van der Waals surface area contributed by atoms with Crippen LogP contribution in [0, 0.1) is 0 Å². The molecule has 1 aromatic carbocycles. The molecule has 0 aliphatic carbocycles. The molecular formula is C17H21N3O6S. The van der Waals surface area contributed by atoms with Crippen LogP contribution in [-0.2, 0) is 19.4 Å². The van der Waals surface area contributed by atoms with E-state index in [2.05, 4.69) is 10.4 Å². The zero-order valence-electron chi connectivity index (χ0n) is 15.1. The number of amides is 2. The fraction of sp³-hybridized carbons (Fsp3) is 0.471. The molecule has 0 radical (unpaired) electrons. The molecular weight excluding hydrogens is 374 g/mol. The molecule has 2 aliphatic heterocycles. The van der Waals surface area contributed by atoms with Crippen LogP contribution in [-0.4, -0.2) is 62.7 Å². The van der Waals surface area contributed by atoms with Crippen molar-refractivity contribution in [1.82, 2.24) is 5.01 Å².